The number of nitrogens with zero attached hydrogens (tertiary/aromatic N) is 1. The molecule has 0 bridgehead atoms. The average Bonchev–Trinajstić information content (AvgIpc) is 2.78. The van der Waals surface area contributed by atoms with Gasteiger partial charge in [-0.3, -0.25) is 4.90 Å². The maximum absolute atomic E-state index is 5.23. The molecule has 98 valence electrons. The van der Waals surface area contributed by atoms with Crippen molar-refractivity contribution in [3.8, 4) is 5.75 Å². The maximum atomic E-state index is 5.23. The molecule has 1 N–H and O–H groups in total. The lowest BCUT2D eigenvalue weighted by Gasteiger charge is -2.09. The van der Waals surface area contributed by atoms with Gasteiger partial charge in [-0.1, -0.05) is 12.1 Å². The molecule has 19 heavy (non-hydrogen) atoms. The Morgan fingerprint density at radius 1 is 1.00 bits per heavy atom. The monoisotopic (exact) mass is 254 g/mol. The van der Waals surface area contributed by atoms with Gasteiger partial charge in [-0.2, -0.15) is 0 Å². The van der Waals surface area contributed by atoms with Crippen LogP contribution in [-0.4, -0.2) is 19.1 Å². The van der Waals surface area contributed by atoms with Gasteiger partial charge in [-0.15, -0.1) is 0 Å². The van der Waals surface area contributed by atoms with Crippen LogP contribution in [-0.2, 0) is 13.1 Å². The minimum atomic E-state index is 0.867. The molecule has 2 aromatic carbocycles. The smallest absolute Gasteiger partial charge is 0.120 e. The van der Waals surface area contributed by atoms with E-state index in [1.807, 2.05) is 24.3 Å². The summed E-state index contributed by atoms with van der Waals surface area (Å²) >= 11 is 0. The van der Waals surface area contributed by atoms with Crippen LogP contribution >= 0.6 is 0 Å². The molecule has 3 rings (SSSR count). The van der Waals surface area contributed by atoms with Crippen molar-refractivity contribution in [2.75, 3.05) is 19.5 Å². The zero-order valence-electron chi connectivity index (χ0n) is 11.3. The molecular formula is C16H18N2O. The van der Waals surface area contributed by atoms with Gasteiger partial charge >= 0.3 is 0 Å². The first-order chi connectivity index (χ1) is 9.24. The molecule has 3 heteroatoms. The fourth-order valence-corrected chi connectivity index (χ4v) is 2.51. The summed E-state index contributed by atoms with van der Waals surface area (Å²) in [5, 5.41) is 3.42. The van der Waals surface area contributed by atoms with E-state index in [4.69, 9.17) is 4.74 Å². The topological polar surface area (TPSA) is 24.5 Å². The molecule has 3 nitrogen and oxygen atoms in total. The van der Waals surface area contributed by atoms with Gasteiger partial charge in [-0.05, 0) is 42.4 Å². The molecule has 0 aromatic heterocycles. The highest BCUT2D eigenvalue weighted by Crippen LogP contribution is 2.27. The van der Waals surface area contributed by atoms with Crippen LogP contribution in [0.15, 0.2) is 42.5 Å². The molecule has 0 saturated carbocycles. The third-order valence-electron chi connectivity index (χ3n) is 3.45. The number of nitrogens with one attached hydrogen (secondary N) is 1. The van der Waals surface area contributed by atoms with Crippen LogP contribution in [0, 0.1) is 0 Å². The fourth-order valence-electron chi connectivity index (χ4n) is 2.51. The van der Waals surface area contributed by atoms with E-state index >= 15 is 0 Å². The zero-order valence-corrected chi connectivity index (χ0v) is 11.3. The van der Waals surface area contributed by atoms with E-state index in [1.54, 1.807) is 7.11 Å². The number of anilines is 2. The number of ether oxygens (including phenoxy) is 1. The van der Waals surface area contributed by atoms with Gasteiger partial charge in [0.25, 0.3) is 0 Å². The molecule has 1 aliphatic heterocycles. The SMILES string of the molecule is COc1cccc(Nc2ccc3c(c2)CN(C)C3)c1. The molecule has 2 aromatic rings. The second-order valence-electron chi connectivity index (χ2n) is 5.01. The predicted molar refractivity (Wildman–Crippen MR) is 77.9 cm³/mol. The standard InChI is InChI=1S/C16H18N2O/c1-18-10-12-6-7-15(8-13(12)11-18)17-14-4-3-5-16(9-14)19-2/h3-9,17H,10-11H2,1-2H3. The lowest BCUT2D eigenvalue weighted by atomic mass is 10.1. The molecule has 0 spiro atoms. The van der Waals surface area contributed by atoms with Crippen molar-refractivity contribution in [1.29, 1.82) is 0 Å². The Hall–Kier alpha value is -2.00. The largest absolute Gasteiger partial charge is 0.497 e. The highest BCUT2D eigenvalue weighted by Gasteiger charge is 2.15. The van der Waals surface area contributed by atoms with Crippen molar-refractivity contribution in [3.63, 3.8) is 0 Å². The Balaban J connectivity index is 1.82. The average molecular weight is 254 g/mol. The van der Waals surface area contributed by atoms with Gasteiger partial charge in [0.1, 0.15) is 5.75 Å². The second-order valence-corrected chi connectivity index (χ2v) is 5.01. The van der Waals surface area contributed by atoms with Crippen LogP contribution < -0.4 is 10.1 Å². The van der Waals surface area contributed by atoms with Crippen LogP contribution in [0.2, 0.25) is 0 Å². The van der Waals surface area contributed by atoms with E-state index in [2.05, 4.69) is 35.5 Å². The Kier molecular flexibility index (Phi) is 3.13. The first-order valence-corrected chi connectivity index (χ1v) is 6.46. The third kappa shape index (κ3) is 2.56. The number of fused-ring (bicyclic) bond motifs is 1. The van der Waals surface area contributed by atoms with E-state index in [0.29, 0.717) is 0 Å². The summed E-state index contributed by atoms with van der Waals surface area (Å²) in [6.07, 6.45) is 0. The number of methoxy groups -OCH3 is 1. The van der Waals surface area contributed by atoms with Crippen molar-refractivity contribution in [1.82, 2.24) is 4.90 Å². The Labute approximate surface area is 113 Å². The van der Waals surface area contributed by atoms with Crippen LogP contribution in [0.4, 0.5) is 11.4 Å². The number of benzene rings is 2. The Bertz CT molecular complexity index is 595. The number of hydrogen-bond acceptors (Lipinski definition) is 3. The van der Waals surface area contributed by atoms with Crippen LogP contribution in [0.5, 0.6) is 5.75 Å². The van der Waals surface area contributed by atoms with Crippen LogP contribution in [0.25, 0.3) is 0 Å². The third-order valence-corrected chi connectivity index (χ3v) is 3.45. The summed E-state index contributed by atoms with van der Waals surface area (Å²) in [5.41, 5.74) is 5.02. The molecule has 0 fully saturated rings. The maximum Gasteiger partial charge on any atom is 0.120 e. The van der Waals surface area contributed by atoms with Crippen molar-refractivity contribution >= 4 is 11.4 Å². The minimum Gasteiger partial charge on any atom is -0.497 e. The Morgan fingerprint density at radius 3 is 2.63 bits per heavy atom. The van der Waals surface area contributed by atoms with Gasteiger partial charge in [-0.25, -0.2) is 0 Å². The van der Waals surface area contributed by atoms with Crippen LogP contribution in [0.3, 0.4) is 0 Å². The first-order valence-electron chi connectivity index (χ1n) is 6.46. The summed E-state index contributed by atoms with van der Waals surface area (Å²) in [6.45, 7) is 2.08. The normalized spacial score (nSPS) is 14.2. The van der Waals surface area contributed by atoms with E-state index in [1.165, 1.54) is 11.1 Å². The molecule has 1 aliphatic rings. The summed E-state index contributed by atoms with van der Waals surface area (Å²) in [5.74, 6) is 0.867. The lowest BCUT2D eigenvalue weighted by Crippen LogP contribution is -2.07. The van der Waals surface area contributed by atoms with E-state index in [0.717, 1.165) is 30.2 Å². The van der Waals surface area contributed by atoms with Crippen LogP contribution in [0.1, 0.15) is 11.1 Å². The summed E-state index contributed by atoms with van der Waals surface area (Å²) < 4.78 is 5.23. The zero-order chi connectivity index (χ0) is 13.2. The van der Waals surface area contributed by atoms with E-state index < -0.39 is 0 Å². The summed E-state index contributed by atoms with van der Waals surface area (Å²) in [4.78, 5) is 2.32. The highest BCUT2D eigenvalue weighted by molar-refractivity contribution is 5.62. The summed E-state index contributed by atoms with van der Waals surface area (Å²) in [7, 11) is 3.83. The van der Waals surface area contributed by atoms with Crippen molar-refractivity contribution < 1.29 is 4.74 Å². The van der Waals surface area contributed by atoms with Crippen molar-refractivity contribution in [3.05, 3.63) is 53.6 Å². The molecule has 0 amide bonds. The molecule has 0 saturated heterocycles. The second kappa shape index (κ2) is 4.94. The number of hydrogen-bond donors (Lipinski definition) is 1. The molecule has 0 radical (unpaired) electrons. The molecular weight excluding hydrogens is 236 g/mol. The molecule has 0 aliphatic carbocycles. The molecule has 0 atom stereocenters. The van der Waals surface area contributed by atoms with E-state index in [9.17, 15) is 0 Å². The molecule has 1 heterocycles. The molecule has 0 unspecified atom stereocenters. The first kappa shape index (κ1) is 12.1. The van der Waals surface area contributed by atoms with Gasteiger partial charge in [0.15, 0.2) is 0 Å². The van der Waals surface area contributed by atoms with Gasteiger partial charge in [0.05, 0.1) is 7.11 Å². The minimum absolute atomic E-state index is 0.867. The quantitative estimate of drug-likeness (QED) is 0.908. The summed E-state index contributed by atoms with van der Waals surface area (Å²) in [6, 6.07) is 14.6. The van der Waals surface area contributed by atoms with Crippen molar-refractivity contribution in [2.24, 2.45) is 0 Å². The van der Waals surface area contributed by atoms with Gasteiger partial charge < -0.3 is 10.1 Å². The fraction of sp³-hybridized carbons (Fsp3) is 0.250. The lowest BCUT2D eigenvalue weighted by molar-refractivity contribution is 0.353. The van der Waals surface area contributed by atoms with Gasteiger partial charge in [0, 0.05) is 30.5 Å². The predicted octanol–water partition coefficient (Wildman–Crippen LogP) is 3.38. The Morgan fingerprint density at radius 2 is 1.79 bits per heavy atom. The highest BCUT2D eigenvalue weighted by atomic mass is 16.5. The number of rotatable bonds is 3. The van der Waals surface area contributed by atoms with E-state index in [-0.39, 0.29) is 0 Å². The van der Waals surface area contributed by atoms with Crippen molar-refractivity contribution in [2.45, 2.75) is 13.1 Å². The van der Waals surface area contributed by atoms with Gasteiger partial charge in [0.2, 0.25) is 0 Å².